The Morgan fingerprint density at radius 2 is 1.74 bits per heavy atom. The van der Waals surface area contributed by atoms with Crippen LogP contribution in [-0.2, 0) is 20.7 Å². The highest BCUT2D eigenvalue weighted by Crippen LogP contribution is 2.47. The molecule has 1 saturated carbocycles. The van der Waals surface area contributed by atoms with Crippen LogP contribution in [0.1, 0.15) is 85.5 Å². The van der Waals surface area contributed by atoms with Gasteiger partial charge in [0.1, 0.15) is 11.4 Å². The van der Waals surface area contributed by atoms with Crippen LogP contribution < -0.4 is 10.1 Å². The van der Waals surface area contributed by atoms with Crippen molar-refractivity contribution >= 4 is 41.0 Å². The van der Waals surface area contributed by atoms with Crippen LogP contribution in [0.2, 0.25) is 10.0 Å². The van der Waals surface area contributed by atoms with Crippen molar-refractivity contribution in [2.24, 2.45) is 0 Å². The zero-order valence-electron chi connectivity index (χ0n) is 26.3. The molecule has 1 aliphatic carbocycles. The van der Waals surface area contributed by atoms with Crippen molar-refractivity contribution in [1.82, 2.24) is 10.2 Å². The zero-order chi connectivity index (χ0) is 33.0. The third-order valence-corrected chi connectivity index (χ3v) is 8.94. The average molecular weight is 668 g/mol. The van der Waals surface area contributed by atoms with Crippen molar-refractivity contribution < 1.29 is 29.0 Å². The minimum Gasteiger partial charge on any atom is -0.482 e. The topological polar surface area (TPSA) is 105 Å². The lowest BCUT2D eigenvalue weighted by atomic mass is 9.76. The molecule has 0 spiro atoms. The number of rotatable bonds is 9. The number of nitrogens with zero attached hydrogens (tertiary/aromatic N) is 1. The Labute approximate surface area is 280 Å². The summed E-state index contributed by atoms with van der Waals surface area (Å²) in [5.74, 6) is -1.21. The molecular weight excluding hydrogens is 627 g/mol. The molecule has 8 nitrogen and oxygen atoms in total. The molecule has 5 rings (SSSR count). The van der Waals surface area contributed by atoms with E-state index in [4.69, 9.17) is 32.7 Å². The summed E-state index contributed by atoms with van der Waals surface area (Å²) in [4.78, 5) is 42.2. The fourth-order valence-corrected chi connectivity index (χ4v) is 6.95. The predicted molar refractivity (Wildman–Crippen MR) is 177 cm³/mol. The summed E-state index contributed by atoms with van der Waals surface area (Å²) < 4.78 is 11.0. The van der Waals surface area contributed by atoms with Crippen LogP contribution in [0.3, 0.4) is 0 Å². The first-order chi connectivity index (χ1) is 21.9. The quantitative estimate of drug-likeness (QED) is 0.248. The van der Waals surface area contributed by atoms with Crippen molar-refractivity contribution in [3.05, 3.63) is 99.0 Å². The normalized spacial score (nSPS) is 21.3. The van der Waals surface area contributed by atoms with Gasteiger partial charge < -0.3 is 24.8 Å². The molecule has 0 radical (unpaired) electrons. The van der Waals surface area contributed by atoms with E-state index in [2.05, 4.69) is 5.32 Å². The standard InChI is InChI=1S/C36H40Cl2N2O6/c1-36(2,3)46-31(42)21-45-24-10-8-9-22(19-24)17-18-39-34(43)32-25-11-4-5-12-26(25)35(44)40(29-13-6-7-14-30(29)41)33(32)27-16-15-23(37)20-28(27)38/h4-5,8-12,15-16,19-20,29-30,32-33,41H,6-7,13-14,17-18,21H2,1-3H3,(H,39,43)/t29-,30-,32+,33-/m0/s1. The first kappa shape index (κ1) is 33.8. The molecule has 2 N–H and O–H groups in total. The predicted octanol–water partition coefficient (Wildman–Crippen LogP) is 6.66. The van der Waals surface area contributed by atoms with Gasteiger partial charge in [-0.3, -0.25) is 9.59 Å². The molecule has 244 valence electrons. The molecule has 4 atom stereocenters. The van der Waals surface area contributed by atoms with Crippen molar-refractivity contribution in [2.75, 3.05) is 13.2 Å². The monoisotopic (exact) mass is 666 g/mol. The van der Waals surface area contributed by atoms with Crippen LogP contribution in [0.5, 0.6) is 5.75 Å². The van der Waals surface area contributed by atoms with Crippen molar-refractivity contribution in [2.45, 2.75) is 82.6 Å². The molecule has 1 heterocycles. The number of carbonyl (C=O) groups excluding carboxylic acids is 3. The second-order valence-electron chi connectivity index (χ2n) is 12.9. The summed E-state index contributed by atoms with van der Waals surface area (Å²) in [6, 6.07) is 18.4. The fourth-order valence-electron chi connectivity index (χ4n) is 6.43. The van der Waals surface area contributed by atoms with E-state index in [1.54, 1.807) is 62.1 Å². The summed E-state index contributed by atoms with van der Waals surface area (Å²) in [5.41, 5.74) is 1.96. The lowest BCUT2D eigenvalue weighted by molar-refractivity contribution is -0.157. The van der Waals surface area contributed by atoms with Crippen molar-refractivity contribution in [1.29, 1.82) is 0 Å². The molecule has 0 saturated heterocycles. The number of benzene rings is 3. The first-order valence-electron chi connectivity index (χ1n) is 15.7. The maximum atomic E-state index is 14.2. The Kier molecular flexibility index (Phi) is 10.6. The van der Waals surface area contributed by atoms with E-state index >= 15 is 0 Å². The van der Waals surface area contributed by atoms with E-state index in [-0.39, 0.29) is 18.4 Å². The lowest BCUT2D eigenvalue weighted by Gasteiger charge is -2.48. The van der Waals surface area contributed by atoms with E-state index in [1.807, 2.05) is 30.3 Å². The molecule has 0 aromatic heterocycles. The van der Waals surface area contributed by atoms with Crippen LogP contribution in [0.4, 0.5) is 0 Å². The zero-order valence-corrected chi connectivity index (χ0v) is 27.8. The number of halogens is 2. The number of fused-ring (bicyclic) bond motifs is 1. The minimum absolute atomic E-state index is 0.210. The average Bonchev–Trinajstić information content (AvgIpc) is 3.00. The maximum Gasteiger partial charge on any atom is 0.344 e. The lowest BCUT2D eigenvalue weighted by Crippen LogP contribution is -2.55. The maximum absolute atomic E-state index is 14.2. The van der Waals surface area contributed by atoms with E-state index in [1.165, 1.54) is 0 Å². The molecule has 10 heteroatoms. The van der Waals surface area contributed by atoms with E-state index < -0.39 is 35.7 Å². The molecule has 1 fully saturated rings. The van der Waals surface area contributed by atoms with Gasteiger partial charge in [-0.25, -0.2) is 4.79 Å². The SMILES string of the molecule is CC(C)(C)OC(=O)COc1cccc(CCNC(=O)[C@@H]2c3ccccc3C(=O)N([C@H]3CCCC[C@@H]3O)[C@H]2c2ccc(Cl)cc2Cl)c1. The number of carbonyl (C=O) groups is 3. The minimum atomic E-state index is -0.787. The summed E-state index contributed by atoms with van der Waals surface area (Å²) >= 11 is 13.0. The summed E-state index contributed by atoms with van der Waals surface area (Å²) in [7, 11) is 0. The van der Waals surface area contributed by atoms with E-state index in [9.17, 15) is 19.5 Å². The second kappa shape index (κ2) is 14.4. The highest BCUT2D eigenvalue weighted by molar-refractivity contribution is 6.35. The number of hydrogen-bond donors (Lipinski definition) is 2. The van der Waals surface area contributed by atoms with Gasteiger partial charge in [0, 0.05) is 22.2 Å². The number of aliphatic hydroxyl groups is 1. The van der Waals surface area contributed by atoms with Gasteiger partial charge in [-0.2, -0.15) is 0 Å². The van der Waals surface area contributed by atoms with Crippen molar-refractivity contribution in [3.8, 4) is 5.75 Å². The number of esters is 1. The molecule has 3 aromatic rings. The largest absolute Gasteiger partial charge is 0.482 e. The van der Waals surface area contributed by atoms with E-state index in [0.717, 1.165) is 18.4 Å². The van der Waals surface area contributed by atoms with Gasteiger partial charge in [-0.1, -0.05) is 72.4 Å². The van der Waals surface area contributed by atoms with E-state index in [0.29, 0.717) is 58.3 Å². The van der Waals surface area contributed by atoms with Gasteiger partial charge in [-0.15, -0.1) is 0 Å². The van der Waals surface area contributed by atoms with Crippen LogP contribution >= 0.6 is 23.2 Å². The number of aliphatic hydroxyl groups excluding tert-OH is 1. The molecule has 46 heavy (non-hydrogen) atoms. The summed E-state index contributed by atoms with van der Waals surface area (Å²) in [6.07, 6.45) is 2.72. The highest BCUT2D eigenvalue weighted by atomic mass is 35.5. The third kappa shape index (κ3) is 7.85. The molecular formula is C36H40Cl2N2O6. The Morgan fingerprint density at radius 1 is 0.978 bits per heavy atom. The van der Waals surface area contributed by atoms with Gasteiger partial charge in [0.2, 0.25) is 5.91 Å². The molecule has 1 aliphatic heterocycles. The van der Waals surface area contributed by atoms with Gasteiger partial charge >= 0.3 is 5.97 Å². The molecule has 0 bridgehead atoms. The summed E-state index contributed by atoms with van der Waals surface area (Å²) in [5, 5.41) is 15.0. The molecule has 0 unspecified atom stereocenters. The highest BCUT2D eigenvalue weighted by Gasteiger charge is 2.48. The van der Waals surface area contributed by atoms with Crippen molar-refractivity contribution in [3.63, 3.8) is 0 Å². The van der Waals surface area contributed by atoms with Gasteiger partial charge in [-0.05, 0) is 87.1 Å². The molecule has 3 aromatic carbocycles. The molecule has 2 aliphatic rings. The van der Waals surface area contributed by atoms with Crippen LogP contribution in [0.25, 0.3) is 0 Å². The number of nitrogens with one attached hydrogen (secondary N) is 1. The Bertz CT molecular complexity index is 1590. The van der Waals surface area contributed by atoms with Gasteiger partial charge in [0.25, 0.3) is 5.91 Å². The van der Waals surface area contributed by atoms with Crippen LogP contribution in [-0.4, -0.2) is 58.7 Å². The number of ether oxygens (including phenoxy) is 2. The van der Waals surface area contributed by atoms with Gasteiger partial charge in [0.15, 0.2) is 6.61 Å². The Morgan fingerprint density at radius 3 is 2.48 bits per heavy atom. The van der Waals surface area contributed by atoms with Gasteiger partial charge in [0.05, 0.1) is 24.1 Å². The fraction of sp³-hybridized carbons (Fsp3) is 0.417. The van der Waals surface area contributed by atoms with Crippen LogP contribution in [0, 0.1) is 0 Å². The molecule has 2 amide bonds. The number of amides is 2. The smallest absolute Gasteiger partial charge is 0.344 e. The van der Waals surface area contributed by atoms with Crippen LogP contribution in [0.15, 0.2) is 66.7 Å². The number of hydrogen-bond acceptors (Lipinski definition) is 6. The Hall–Kier alpha value is -3.59. The third-order valence-electron chi connectivity index (χ3n) is 8.38. The first-order valence-corrected chi connectivity index (χ1v) is 16.4. The Balaban J connectivity index is 1.39. The second-order valence-corrected chi connectivity index (χ2v) is 13.7. The summed E-state index contributed by atoms with van der Waals surface area (Å²) in [6.45, 7) is 5.50.